The van der Waals surface area contributed by atoms with Gasteiger partial charge in [-0.15, -0.1) is 11.3 Å². The van der Waals surface area contributed by atoms with Crippen LogP contribution in [0.15, 0.2) is 18.2 Å². The second kappa shape index (κ2) is 9.24. The number of nitrogens with one attached hydrogen (secondary N) is 1. The number of ether oxygens (including phenoxy) is 1. The molecule has 9 heteroatoms. The molecule has 0 unspecified atom stereocenters. The van der Waals surface area contributed by atoms with Gasteiger partial charge in [0, 0.05) is 9.90 Å². The van der Waals surface area contributed by atoms with Crippen LogP contribution in [0.2, 0.25) is 5.02 Å². The SMILES string of the molecule is Cc1sc(NC(=O)[C@@H](N)CC(=O)OC(C)(C)C)c(C(=O)c2ccc(Cl)cc2F)c1C. The fourth-order valence-electron chi connectivity index (χ4n) is 2.66. The number of carbonyl (C=O) groups is 3. The van der Waals surface area contributed by atoms with Gasteiger partial charge in [0.2, 0.25) is 5.91 Å². The molecule has 0 aliphatic rings. The average Bonchev–Trinajstić information content (AvgIpc) is 2.86. The van der Waals surface area contributed by atoms with E-state index in [0.717, 1.165) is 10.9 Å². The summed E-state index contributed by atoms with van der Waals surface area (Å²) < 4.78 is 19.4. The van der Waals surface area contributed by atoms with E-state index in [9.17, 15) is 18.8 Å². The van der Waals surface area contributed by atoms with Gasteiger partial charge in [-0.1, -0.05) is 11.6 Å². The van der Waals surface area contributed by atoms with E-state index in [4.69, 9.17) is 22.1 Å². The lowest BCUT2D eigenvalue weighted by atomic mass is 10.0. The van der Waals surface area contributed by atoms with Crippen LogP contribution < -0.4 is 11.1 Å². The Morgan fingerprint density at radius 2 is 1.90 bits per heavy atom. The first-order chi connectivity index (χ1) is 13.8. The number of anilines is 1. The number of hydrogen-bond acceptors (Lipinski definition) is 6. The smallest absolute Gasteiger partial charge is 0.308 e. The third-order valence-electron chi connectivity index (χ3n) is 4.17. The molecular weight excluding hydrogens is 431 g/mol. The van der Waals surface area contributed by atoms with Crippen molar-refractivity contribution in [2.75, 3.05) is 5.32 Å². The highest BCUT2D eigenvalue weighted by molar-refractivity contribution is 7.16. The van der Waals surface area contributed by atoms with Crippen LogP contribution in [0.5, 0.6) is 0 Å². The number of carbonyl (C=O) groups excluding carboxylic acids is 3. The highest BCUT2D eigenvalue weighted by atomic mass is 35.5. The quantitative estimate of drug-likeness (QED) is 0.498. The van der Waals surface area contributed by atoms with E-state index in [-0.39, 0.29) is 27.6 Å². The zero-order valence-corrected chi connectivity index (χ0v) is 19.0. The molecule has 1 amide bonds. The number of nitrogens with two attached hydrogens (primary N) is 1. The van der Waals surface area contributed by atoms with Crippen molar-refractivity contribution in [3.05, 3.63) is 50.6 Å². The van der Waals surface area contributed by atoms with Gasteiger partial charge in [-0.25, -0.2) is 4.39 Å². The summed E-state index contributed by atoms with van der Waals surface area (Å²) in [6, 6.07) is 2.60. The minimum Gasteiger partial charge on any atom is -0.460 e. The monoisotopic (exact) mass is 454 g/mol. The molecule has 1 aromatic carbocycles. The lowest BCUT2D eigenvalue weighted by Gasteiger charge is -2.20. The predicted octanol–water partition coefficient (Wildman–Crippen LogP) is 4.39. The number of ketones is 1. The molecule has 0 aliphatic heterocycles. The van der Waals surface area contributed by atoms with E-state index in [1.807, 2.05) is 0 Å². The largest absolute Gasteiger partial charge is 0.460 e. The van der Waals surface area contributed by atoms with Crippen molar-refractivity contribution < 1.29 is 23.5 Å². The van der Waals surface area contributed by atoms with E-state index in [0.29, 0.717) is 5.56 Å². The number of hydrogen-bond donors (Lipinski definition) is 2. The number of esters is 1. The highest BCUT2D eigenvalue weighted by Crippen LogP contribution is 2.35. The van der Waals surface area contributed by atoms with Crippen molar-refractivity contribution in [2.45, 2.75) is 52.7 Å². The van der Waals surface area contributed by atoms with Crippen molar-refractivity contribution in [1.29, 1.82) is 0 Å². The van der Waals surface area contributed by atoms with E-state index in [1.165, 1.54) is 23.5 Å². The molecule has 0 saturated heterocycles. The fraction of sp³-hybridized carbons (Fsp3) is 0.381. The third-order valence-corrected chi connectivity index (χ3v) is 5.53. The van der Waals surface area contributed by atoms with Gasteiger partial charge < -0.3 is 15.8 Å². The van der Waals surface area contributed by atoms with Crippen LogP contribution >= 0.6 is 22.9 Å². The topological polar surface area (TPSA) is 98.5 Å². The Balaban J connectivity index is 2.25. The van der Waals surface area contributed by atoms with Crippen LogP contribution in [-0.4, -0.2) is 29.3 Å². The van der Waals surface area contributed by atoms with Gasteiger partial charge >= 0.3 is 5.97 Å². The molecule has 162 valence electrons. The normalized spacial score (nSPS) is 12.4. The maximum atomic E-state index is 14.3. The Bertz CT molecular complexity index is 998. The van der Waals surface area contributed by atoms with Gasteiger partial charge in [-0.2, -0.15) is 0 Å². The Kier molecular flexibility index (Phi) is 7.39. The highest BCUT2D eigenvalue weighted by Gasteiger charge is 2.27. The molecule has 0 saturated carbocycles. The lowest BCUT2D eigenvalue weighted by molar-refractivity contribution is -0.155. The molecule has 0 spiro atoms. The molecule has 0 bridgehead atoms. The predicted molar refractivity (Wildman–Crippen MR) is 116 cm³/mol. The minimum atomic E-state index is -1.17. The maximum Gasteiger partial charge on any atom is 0.308 e. The van der Waals surface area contributed by atoms with Gasteiger partial charge in [0.25, 0.3) is 0 Å². The van der Waals surface area contributed by atoms with Crippen LogP contribution in [0.3, 0.4) is 0 Å². The number of aryl methyl sites for hydroxylation is 1. The number of amides is 1. The molecule has 6 nitrogen and oxygen atoms in total. The van der Waals surface area contributed by atoms with Crippen molar-refractivity contribution >= 4 is 45.6 Å². The zero-order valence-electron chi connectivity index (χ0n) is 17.4. The summed E-state index contributed by atoms with van der Waals surface area (Å²) in [5.41, 5.74) is 5.78. The van der Waals surface area contributed by atoms with Gasteiger partial charge in [0.15, 0.2) is 5.78 Å². The summed E-state index contributed by atoms with van der Waals surface area (Å²) in [4.78, 5) is 38.2. The molecule has 0 radical (unpaired) electrons. The third kappa shape index (κ3) is 5.87. The second-order valence-electron chi connectivity index (χ2n) is 7.83. The molecule has 2 aromatic rings. The molecule has 2 rings (SSSR count). The van der Waals surface area contributed by atoms with Crippen LogP contribution in [-0.2, 0) is 14.3 Å². The van der Waals surface area contributed by atoms with E-state index in [2.05, 4.69) is 5.32 Å². The fourth-order valence-corrected chi connectivity index (χ4v) is 3.88. The summed E-state index contributed by atoms with van der Waals surface area (Å²) in [6.45, 7) is 8.62. The maximum absolute atomic E-state index is 14.3. The lowest BCUT2D eigenvalue weighted by Crippen LogP contribution is -2.39. The minimum absolute atomic E-state index is 0.158. The Hall–Kier alpha value is -2.29. The molecular formula is C21H24ClFN2O4S. The van der Waals surface area contributed by atoms with Crippen molar-refractivity contribution in [2.24, 2.45) is 5.73 Å². The van der Waals surface area contributed by atoms with Gasteiger partial charge in [0.1, 0.15) is 16.4 Å². The average molecular weight is 455 g/mol. The van der Waals surface area contributed by atoms with Crippen LogP contribution in [0.4, 0.5) is 9.39 Å². The summed E-state index contributed by atoms with van der Waals surface area (Å²) in [7, 11) is 0. The summed E-state index contributed by atoms with van der Waals surface area (Å²) >= 11 is 6.94. The number of halogens is 2. The molecule has 1 atom stereocenters. The molecule has 0 aliphatic carbocycles. The Morgan fingerprint density at radius 3 is 2.47 bits per heavy atom. The van der Waals surface area contributed by atoms with E-state index >= 15 is 0 Å². The number of thiophene rings is 1. The van der Waals surface area contributed by atoms with Gasteiger partial charge in [0.05, 0.1) is 23.6 Å². The first kappa shape index (κ1) is 24.0. The van der Waals surface area contributed by atoms with Crippen LogP contribution in [0.1, 0.15) is 53.6 Å². The van der Waals surface area contributed by atoms with E-state index < -0.39 is 35.1 Å². The first-order valence-electron chi connectivity index (χ1n) is 9.18. The molecule has 1 heterocycles. The molecule has 0 fully saturated rings. The number of benzene rings is 1. The standard InChI is InChI=1S/C21H24ClFN2O4S/c1-10-11(2)30-20(17(10)18(27)13-7-6-12(22)8-14(13)23)25-19(28)15(24)9-16(26)29-21(3,4)5/h6-8,15H,9,24H2,1-5H3,(H,25,28)/t15-/m0/s1. The summed E-state index contributed by atoms with van der Waals surface area (Å²) in [6.07, 6.45) is -0.318. The van der Waals surface area contributed by atoms with Crippen molar-refractivity contribution in [3.8, 4) is 0 Å². The Labute approximate surface area is 183 Å². The summed E-state index contributed by atoms with van der Waals surface area (Å²) in [5, 5.41) is 3.01. The van der Waals surface area contributed by atoms with Crippen LogP contribution in [0.25, 0.3) is 0 Å². The number of rotatable bonds is 6. The van der Waals surface area contributed by atoms with Gasteiger partial charge in [-0.3, -0.25) is 14.4 Å². The summed E-state index contributed by atoms with van der Waals surface area (Å²) in [5.74, 6) is -2.59. The molecule has 3 N–H and O–H groups in total. The zero-order chi connectivity index (χ0) is 22.8. The van der Waals surface area contributed by atoms with Crippen molar-refractivity contribution in [3.63, 3.8) is 0 Å². The first-order valence-corrected chi connectivity index (χ1v) is 10.4. The van der Waals surface area contributed by atoms with Crippen LogP contribution in [0, 0.1) is 19.7 Å². The van der Waals surface area contributed by atoms with Crippen molar-refractivity contribution in [1.82, 2.24) is 0 Å². The second-order valence-corrected chi connectivity index (χ2v) is 9.49. The molecule has 30 heavy (non-hydrogen) atoms. The van der Waals surface area contributed by atoms with Gasteiger partial charge in [-0.05, 0) is 58.4 Å². The Morgan fingerprint density at radius 1 is 1.27 bits per heavy atom. The molecule has 1 aromatic heterocycles. The van der Waals surface area contributed by atoms with E-state index in [1.54, 1.807) is 34.6 Å².